The monoisotopic (exact) mass is 138 g/mol. The zero-order valence-electron chi connectivity index (χ0n) is 6.68. The standard InChI is InChI=1S/C9H14O/c1-3-4-5-9(6-7-9)8(2)10/h4-5H,3,6-7H2,1-2H3/b5-4-. The van der Waals surface area contributed by atoms with Crippen molar-refractivity contribution in [3.8, 4) is 0 Å². The van der Waals surface area contributed by atoms with Gasteiger partial charge >= 0.3 is 0 Å². The number of carbonyl (C=O) groups excluding carboxylic acids is 1. The van der Waals surface area contributed by atoms with Crippen molar-refractivity contribution in [3.05, 3.63) is 12.2 Å². The second kappa shape index (κ2) is 2.57. The van der Waals surface area contributed by atoms with Gasteiger partial charge in [0, 0.05) is 5.41 Å². The van der Waals surface area contributed by atoms with Gasteiger partial charge in [-0.05, 0) is 26.2 Å². The van der Waals surface area contributed by atoms with Crippen molar-refractivity contribution in [1.82, 2.24) is 0 Å². The molecule has 0 amide bonds. The zero-order chi connectivity index (χ0) is 7.61. The lowest BCUT2D eigenvalue weighted by Gasteiger charge is -2.01. The summed E-state index contributed by atoms with van der Waals surface area (Å²) >= 11 is 0. The SMILES string of the molecule is CC/C=C\C1(C(C)=O)CC1. The van der Waals surface area contributed by atoms with Crippen LogP contribution in [-0.2, 0) is 4.79 Å². The smallest absolute Gasteiger partial charge is 0.139 e. The lowest BCUT2D eigenvalue weighted by atomic mass is 10.0. The molecule has 0 spiro atoms. The van der Waals surface area contributed by atoms with Gasteiger partial charge < -0.3 is 0 Å². The molecule has 1 aliphatic carbocycles. The van der Waals surface area contributed by atoms with Gasteiger partial charge in [0.2, 0.25) is 0 Å². The maximum atomic E-state index is 11.0. The van der Waals surface area contributed by atoms with Crippen LogP contribution < -0.4 is 0 Å². The number of carbonyl (C=O) groups is 1. The Balaban J connectivity index is 2.53. The van der Waals surface area contributed by atoms with Gasteiger partial charge in [-0.2, -0.15) is 0 Å². The average Bonchev–Trinajstić information content (AvgIpc) is 2.64. The minimum absolute atomic E-state index is 0.0178. The Hall–Kier alpha value is -0.590. The van der Waals surface area contributed by atoms with Crippen LogP contribution in [0.25, 0.3) is 0 Å². The molecule has 1 heteroatoms. The van der Waals surface area contributed by atoms with Crippen molar-refractivity contribution >= 4 is 5.78 Å². The highest BCUT2D eigenvalue weighted by atomic mass is 16.1. The van der Waals surface area contributed by atoms with Crippen LogP contribution >= 0.6 is 0 Å². The molecular weight excluding hydrogens is 124 g/mol. The van der Waals surface area contributed by atoms with E-state index in [-0.39, 0.29) is 5.41 Å². The normalized spacial score (nSPS) is 21.4. The number of ketones is 1. The highest BCUT2D eigenvalue weighted by molar-refractivity contribution is 5.87. The van der Waals surface area contributed by atoms with Crippen LogP contribution in [-0.4, -0.2) is 5.78 Å². The van der Waals surface area contributed by atoms with Crippen molar-refractivity contribution in [2.24, 2.45) is 5.41 Å². The predicted molar refractivity (Wildman–Crippen MR) is 41.8 cm³/mol. The van der Waals surface area contributed by atoms with Gasteiger partial charge in [0.1, 0.15) is 5.78 Å². The van der Waals surface area contributed by atoms with E-state index in [4.69, 9.17) is 0 Å². The van der Waals surface area contributed by atoms with Gasteiger partial charge in [-0.1, -0.05) is 19.1 Å². The fraction of sp³-hybridized carbons (Fsp3) is 0.667. The van der Waals surface area contributed by atoms with E-state index in [0.717, 1.165) is 19.3 Å². The van der Waals surface area contributed by atoms with Crippen molar-refractivity contribution in [2.45, 2.75) is 33.1 Å². The number of hydrogen-bond acceptors (Lipinski definition) is 1. The third-order valence-electron chi connectivity index (χ3n) is 2.16. The Morgan fingerprint density at radius 1 is 1.60 bits per heavy atom. The second-order valence-electron chi connectivity index (χ2n) is 3.02. The summed E-state index contributed by atoms with van der Waals surface area (Å²) in [5.74, 6) is 0.331. The molecule has 0 radical (unpaired) electrons. The summed E-state index contributed by atoms with van der Waals surface area (Å²) in [5.41, 5.74) is -0.0178. The molecule has 0 bridgehead atoms. The molecule has 0 aromatic heterocycles. The molecule has 0 aromatic rings. The van der Waals surface area contributed by atoms with Gasteiger partial charge in [0.25, 0.3) is 0 Å². The Morgan fingerprint density at radius 2 is 2.20 bits per heavy atom. The maximum Gasteiger partial charge on any atom is 0.139 e. The van der Waals surface area contributed by atoms with Crippen LogP contribution in [0.15, 0.2) is 12.2 Å². The number of rotatable bonds is 3. The lowest BCUT2D eigenvalue weighted by molar-refractivity contribution is -0.120. The third kappa shape index (κ3) is 1.28. The summed E-state index contributed by atoms with van der Waals surface area (Å²) < 4.78 is 0. The number of allylic oxidation sites excluding steroid dienone is 2. The molecule has 0 aliphatic heterocycles. The van der Waals surface area contributed by atoms with Crippen LogP contribution in [0.3, 0.4) is 0 Å². The topological polar surface area (TPSA) is 17.1 Å². The van der Waals surface area contributed by atoms with Crippen molar-refractivity contribution in [1.29, 1.82) is 0 Å². The Bertz CT molecular complexity index is 164. The van der Waals surface area contributed by atoms with E-state index in [1.807, 2.05) is 0 Å². The third-order valence-corrected chi connectivity index (χ3v) is 2.16. The van der Waals surface area contributed by atoms with E-state index in [1.165, 1.54) is 0 Å². The first-order valence-corrected chi connectivity index (χ1v) is 3.90. The minimum atomic E-state index is -0.0178. The first-order valence-electron chi connectivity index (χ1n) is 3.90. The van der Waals surface area contributed by atoms with Crippen molar-refractivity contribution in [3.63, 3.8) is 0 Å². The fourth-order valence-electron chi connectivity index (χ4n) is 1.11. The summed E-state index contributed by atoms with van der Waals surface area (Å²) in [4.78, 5) is 11.0. The van der Waals surface area contributed by atoms with Gasteiger partial charge in [-0.15, -0.1) is 0 Å². The Morgan fingerprint density at radius 3 is 2.50 bits per heavy atom. The summed E-state index contributed by atoms with van der Waals surface area (Å²) in [6.07, 6.45) is 7.34. The molecule has 0 heterocycles. The van der Waals surface area contributed by atoms with Gasteiger partial charge in [-0.25, -0.2) is 0 Å². The quantitative estimate of drug-likeness (QED) is 0.547. The summed E-state index contributed by atoms with van der Waals surface area (Å²) in [5, 5.41) is 0. The van der Waals surface area contributed by atoms with E-state index < -0.39 is 0 Å². The van der Waals surface area contributed by atoms with Crippen LogP contribution in [0.1, 0.15) is 33.1 Å². The van der Waals surface area contributed by atoms with Gasteiger partial charge in [-0.3, -0.25) is 4.79 Å². The van der Waals surface area contributed by atoms with E-state index in [9.17, 15) is 4.79 Å². The molecule has 1 saturated carbocycles. The summed E-state index contributed by atoms with van der Waals surface area (Å²) in [6.45, 7) is 3.78. The van der Waals surface area contributed by atoms with E-state index in [1.54, 1.807) is 6.92 Å². The van der Waals surface area contributed by atoms with E-state index in [0.29, 0.717) is 5.78 Å². The molecule has 0 atom stereocenters. The minimum Gasteiger partial charge on any atom is -0.299 e. The molecule has 0 aromatic carbocycles. The van der Waals surface area contributed by atoms with Crippen LogP contribution in [0.5, 0.6) is 0 Å². The maximum absolute atomic E-state index is 11.0. The molecule has 56 valence electrons. The molecule has 1 fully saturated rings. The Kier molecular flexibility index (Phi) is 1.93. The lowest BCUT2D eigenvalue weighted by Crippen LogP contribution is -2.07. The second-order valence-corrected chi connectivity index (χ2v) is 3.02. The van der Waals surface area contributed by atoms with Crippen LogP contribution in [0.4, 0.5) is 0 Å². The number of Topliss-reactive ketones (excluding diaryl/α,β-unsaturated/α-hetero) is 1. The average molecular weight is 138 g/mol. The summed E-state index contributed by atoms with van der Waals surface area (Å²) in [6, 6.07) is 0. The van der Waals surface area contributed by atoms with Gasteiger partial charge in [0.05, 0.1) is 0 Å². The predicted octanol–water partition coefficient (Wildman–Crippen LogP) is 2.32. The first-order chi connectivity index (χ1) is 4.71. The van der Waals surface area contributed by atoms with Crippen LogP contribution in [0, 0.1) is 5.41 Å². The molecule has 10 heavy (non-hydrogen) atoms. The highest BCUT2D eigenvalue weighted by Gasteiger charge is 2.44. The molecule has 0 N–H and O–H groups in total. The van der Waals surface area contributed by atoms with E-state index >= 15 is 0 Å². The highest BCUT2D eigenvalue weighted by Crippen LogP contribution is 2.47. The van der Waals surface area contributed by atoms with Crippen molar-refractivity contribution in [2.75, 3.05) is 0 Å². The molecule has 1 aliphatic rings. The van der Waals surface area contributed by atoms with Crippen LogP contribution in [0.2, 0.25) is 0 Å². The number of hydrogen-bond donors (Lipinski definition) is 0. The summed E-state index contributed by atoms with van der Waals surface area (Å²) in [7, 11) is 0. The Labute approximate surface area is 62.1 Å². The van der Waals surface area contributed by atoms with E-state index in [2.05, 4.69) is 19.1 Å². The molecular formula is C9H14O. The molecule has 0 saturated heterocycles. The van der Waals surface area contributed by atoms with Crippen molar-refractivity contribution < 1.29 is 4.79 Å². The first kappa shape index (κ1) is 7.52. The largest absolute Gasteiger partial charge is 0.299 e. The molecule has 1 nitrogen and oxygen atoms in total. The molecule has 1 rings (SSSR count). The zero-order valence-corrected chi connectivity index (χ0v) is 6.68. The van der Waals surface area contributed by atoms with Gasteiger partial charge in [0.15, 0.2) is 0 Å². The molecule has 0 unspecified atom stereocenters. The fourth-order valence-corrected chi connectivity index (χ4v) is 1.11.